The van der Waals surface area contributed by atoms with Crippen molar-refractivity contribution in [3.63, 3.8) is 0 Å². The van der Waals surface area contributed by atoms with Crippen LogP contribution in [0, 0.1) is 0 Å². The van der Waals surface area contributed by atoms with Crippen LogP contribution in [-0.4, -0.2) is 231 Å². The molecule has 472 valence electrons. The van der Waals surface area contributed by atoms with Gasteiger partial charge in [0.2, 0.25) is 5.91 Å². The third kappa shape index (κ3) is 22.2. The van der Waals surface area contributed by atoms with Crippen LogP contribution in [0.5, 0.6) is 0 Å². The Bertz CT molecular complexity index is 2160. The predicted molar refractivity (Wildman–Crippen MR) is 285 cm³/mol. The first-order valence-corrected chi connectivity index (χ1v) is 27.2. The van der Waals surface area contributed by atoms with Gasteiger partial charge in [-0.2, -0.15) is 0 Å². The minimum atomic E-state index is -2.01. The van der Waals surface area contributed by atoms with Gasteiger partial charge in [-0.3, -0.25) is 4.79 Å². The van der Waals surface area contributed by atoms with Crippen molar-refractivity contribution in [2.75, 3.05) is 26.2 Å². The van der Waals surface area contributed by atoms with Crippen LogP contribution in [0.3, 0.4) is 0 Å². The van der Waals surface area contributed by atoms with Gasteiger partial charge in [0.25, 0.3) is 0 Å². The van der Waals surface area contributed by atoms with Crippen LogP contribution in [-0.2, 0) is 56.9 Å². The molecule has 30 heteroatoms. The molecule has 0 spiro atoms. The molecule has 1 aliphatic carbocycles. The predicted octanol–water partition coefficient (Wildman–Crippen LogP) is -0.364. The summed E-state index contributed by atoms with van der Waals surface area (Å²) in [5.41, 5.74) is 1.16. The molecule has 4 aliphatic rings. The monoisotopic (exact) mass is 1180 g/mol. The van der Waals surface area contributed by atoms with Crippen LogP contribution in [0.25, 0.3) is 0 Å². The lowest BCUT2D eigenvalue weighted by Gasteiger charge is -2.47. The fourth-order valence-electron chi connectivity index (χ4n) is 8.67. The van der Waals surface area contributed by atoms with E-state index in [-0.39, 0.29) is 19.5 Å². The first-order valence-electron chi connectivity index (χ1n) is 27.2. The first kappa shape index (κ1) is 69.5. The van der Waals surface area contributed by atoms with Crippen LogP contribution >= 0.6 is 0 Å². The number of hydrogen-bond donors (Lipinski definition) is 13. The van der Waals surface area contributed by atoms with Gasteiger partial charge in [0.15, 0.2) is 18.9 Å². The molecule has 6 amide bonds. The van der Waals surface area contributed by atoms with Gasteiger partial charge < -0.3 is 120 Å². The number of hydrogen-bond acceptors (Lipinski definition) is 24. The highest BCUT2D eigenvalue weighted by Crippen LogP contribution is 2.36. The largest absolute Gasteiger partial charge is 0.444 e. The van der Waals surface area contributed by atoms with Gasteiger partial charge >= 0.3 is 30.5 Å². The van der Waals surface area contributed by atoms with E-state index < -0.39 is 194 Å². The van der Waals surface area contributed by atoms with Crippen LogP contribution < -0.4 is 37.6 Å². The van der Waals surface area contributed by atoms with Crippen molar-refractivity contribution in [2.24, 2.45) is 5.73 Å². The fourth-order valence-corrected chi connectivity index (χ4v) is 8.67. The van der Waals surface area contributed by atoms with Crippen molar-refractivity contribution in [1.29, 1.82) is 0 Å². The van der Waals surface area contributed by atoms with E-state index in [0.29, 0.717) is 0 Å². The Kier molecular flexibility index (Phi) is 24.4. The first-order chi connectivity index (χ1) is 37.7. The Morgan fingerprint density at radius 1 is 0.537 bits per heavy atom. The average molecular weight is 1180 g/mol. The second kappa shape index (κ2) is 28.7. The van der Waals surface area contributed by atoms with E-state index in [0.717, 1.165) is 0 Å². The molecule has 0 unspecified atom stereocenters. The minimum absolute atomic E-state index is 0.0893. The Morgan fingerprint density at radius 2 is 1.02 bits per heavy atom. The molecule has 0 radical (unpaired) electrons. The van der Waals surface area contributed by atoms with Gasteiger partial charge in [0, 0.05) is 19.6 Å². The quantitative estimate of drug-likeness (QED) is 0.0615. The number of ether oxygens (including phenoxy) is 11. The molecule has 18 atom stereocenters. The summed E-state index contributed by atoms with van der Waals surface area (Å²) in [5, 5.41) is 84.5. The number of rotatable bonds is 18. The van der Waals surface area contributed by atoms with Gasteiger partial charge in [-0.15, -0.1) is 0 Å². The molecular weight excluding hydrogens is 1090 g/mol. The zero-order valence-corrected chi connectivity index (χ0v) is 49.5. The maximum absolute atomic E-state index is 13.8. The number of carbonyl (C=O) groups excluding carboxylic acids is 6. The van der Waals surface area contributed by atoms with Crippen LogP contribution in [0.4, 0.5) is 24.0 Å². The number of aliphatic hydroxyl groups is 6. The highest BCUT2D eigenvalue weighted by Gasteiger charge is 2.56. The smallest absolute Gasteiger partial charge is 0.408 e. The molecule has 4 rings (SSSR count). The molecule has 82 heavy (non-hydrogen) atoms. The van der Waals surface area contributed by atoms with Crippen LogP contribution in [0.15, 0.2) is 12.2 Å². The van der Waals surface area contributed by atoms with E-state index in [9.17, 15) is 59.4 Å². The van der Waals surface area contributed by atoms with Gasteiger partial charge in [-0.25, -0.2) is 24.0 Å². The van der Waals surface area contributed by atoms with Crippen LogP contribution in [0.2, 0.25) is 0 Å². The molecular formula is C52H91N7O23. The molecule has 0 bridgehead atoms. The molecule has 0 aromatic carbocycles. The average Bonchev–Trinajstić information content (AvgIpc) is 3.69. The van der Waals surface area contributed by atoms with Crippen LogP contribution in [0.1, 0.15) is 117 Å². The maximum Gasteiger partial charge on any atom is 0.408 e. The highest BCUT2D eigenvalue weighted by atomic mass is 16.8. The summed E-state index contributed by atoms with van der Waals surface area (Å²) in [4.78, 5) is 78.9. The van der Waals surface area contributed by atoms with Gasteiger partial charge in [-0.1, -0.05) is 12.2 Å². The Morgan fingerprint density at radius 3 is 1.56 bits per heavy atom. The highest BCUT2D eigenvalue weighted by molar-refractivity contribution is 5.81. The van der Waals surface area contributed by atoms with E-state index in [2.05, 4.69) is 31.9 Å². The molecule has 0 aromatic rings. The number of amides is 6. The summed E-state index contributed by atoms with van der Waals surface area (Å²) in [5.74, 6) is -1.04. The molecule has 0 aromatic heterocycles. The van der Waals surface area contributed by atoms with Crippen molar-refractivity contribution >= 4 is 36.4 Å². The molecule has 3 heterocycles. The van der Waals surface area contributed by atoms with Crippen molar-refractivity contribution in [1.82, 2.24) is 31.9 Å². The topological polar surface area (TPSA) is 424 Å². The van der Waals surface area contributed by atoms with E-state index >= 15 is 0 Å². The number of carbonyl (C=O) groups is 6. The van der Waals surface area contributed by atoms with Crippen molar-refractivity contribution in [3.8, 4) is 0 Å². The summed E-state index contributed by atoms with van der Waals surface area (Å²) in [7, 11) is 0. The molecule has 3 fully saturated rings. The number of aliphatic hydroxyl groups excluding tert-OH is 6. The van der Waals surface area contributed by atoms with Gasteiger partial charge in [0.05, 0.1) is 24.8 Å². The lowest BCUT2D eigenvalue weighted by molar-refractivity contribution is -0.287. The second-order valence-electron chi connectivity index (χ2n) is 25.3. The van der Waals surface area contributed by atoms with Gasteiger partial charge in [-0.05, 0) is 117 Å². The molecule has 30 nitrogen and oxygen atoms in total. The SMILES string of the molecule is CC(C)(C)OC(=O)NCC[C@H](O)C(=O)N[C@@H]1C[C@H](NC(=O)OC(C)(C)C)[C@@H](O[C@H]2O[C@H](CN)C=C[C@H]2NC(=O)OC(C)(C)C)[C@H](O[C@@H]2O[C@H](CO)[C@@H](O[C@H]3O[C@@H](CNC(=O)OC(C)(C)C)[C@@H](O)[C@H](O)[C@H]3NC(=O)OC(C)(C)C)[C@H]2O)[C@H]1O. The summed E-state index contributed by atoms with van der Waals surface area (Å²) in [6.45, 7) is 22.5. The Balaban J connectivity index is 1.77. The molecule has 3 aliphatic heterocycles. The summed E-state index contributed by atoms with van der Waals surface area (Å²) in [6, 6.07) is -5.66. The maximum atomic E-state index is 13.8. The van der Waals surface area contributed by atoms with E-state index in [1.54, 1.807) is 110 Å². The lowest BCUT2D eigenvalue weighted by Crippen LogP contribution is -2.68. The fraction of sp³-hybridized carbons (Fsp3) is 0.846. The number of nitrogens with one attached hydrogen (secondary N) is 6. The van der Waals surface area contributed by atoms with Crippen molar-refractivity contribution < 1.29 is 112 Å². The van der Waals surface area contributed by atoms with Gasteiger partial charge in [0.1, 0.15) is 101 Å². The normalized spacial score (nSPS) is 32.0. The summed E-state index contributed by atoms with van der Waals surface area (Å²) >= 11 is 0. The standard InChI is InChI=1S/C52H91N7O23/c1-48(2,3)78-43(67)54-19-18-28(61)39(66)56-26-20-27(58-46(70)81-51(10,11)12)36(75-40-25(17-16-24(21-53)72-40)57-45(69)80-50(7,8)9)38(32(26)62)77-42-35(65)37(30(23-60)74-42)76-41-31(59-47(71)82-52(13,14)15)34(64)33(63)29(73-41)22-55-44(68)79-49(4,5)6/h16-17,24-38,40-42,60-65H,18-23,53H2,1-15H3,(H,54,67)(H,55,68)(H,56,66)(H,57,69)(H,58,70)(H,59,71)/t24-,25+,26+,27-,28-,29-,30+,31+,32-,33+,34+,35+,36+,37+,38+,40+,41+,42-/m0/s1. The third-order valence-corrected chi connectivity index (χ3v) is 12.0. The number of alkyl carbamates (subject to hydrolysis) is 5. The minimum Gasteiger partial charge on any atom is -0.444 e. The van der Waals surface area contributed by atoms with E-state index in [4.69, 9.17) is 57.8 Å². The second-order valence-corrected chi connectivity index (χ2v) is 25.3. The van der Waals surface area contributed by atoms with E-state index in [1.165, 1.54) is 6.08 Å². The zero-order valence-electron chi connectivity index (χ0n) is 49.5. The van der Waals surface area contributed by atoms with E-state index in [1.807, 2.05) is 0 Å². The Labute approximate surface area is 477 Å². The van der Waals surface area contributed by atoms with Crippen molar-refractivity contribution in [3.05, 3.63) is 12.2 Å². The third-order valence-electron chi connectivity index (χ3n) is 12.0. The summed E-state index contributed by atoms with van der Waals surface area (Å²) in [6.07, 6.45) is -26.2. The molecule has 14 N–H and O–H groups in total. The molecule has 2 saturated heterocycles. The molecule has 1 saturated carbocycles. The van der Waals surface area contributed by atoms with Crippen molar-refractivity contribution in [2.45, 2.75) is 255 Å². The number of nitrogens with two attached hydrogens (primary N) is 1. The summed E-state index contributed by atoms with van der Waals surface area (Å²) < 4.78 is 64.6. The zero-order chi connectivity index (χ0) is 62.0. The lowest BCUT2D eigenvalue weighted by atomic mass is 9.83. The Hall–Kier alpha value is -4.96.